The molecule has 0 aliphatic carbocycles. The molecule has 1 heterocycles. The molecule has 0 spiro atoms. The summed E-state index contributed by atoms with van der Waals surface area (Å²) in [6.07, 6.45) is 0. The van der Waals surface area contributed by atoms with E-state index in [0.717, 1.165) is 0 Å². The molecule has 34 heavy (non-hydrogen) atoms. The van der Waals surface area contributed by atoms with Gasteiger partial charge in [0.1, 0.15) is 5.75 Å². The first-order valence-electron chi connectivity index (χ1n) is 10.5. The number of rotatable bonds is 5. The van der Waals surface area contributed by atoms with Gasteiger partial charge >= 0.3 is 0 Å². The molecule has 3 aromatic rings. The van der Waals surface area contributed by atoms with Gasteiger partial charge in [0.05, 0.1) is 10.5 Å². The van der Waals surface area contributed by atoms with Crippen molar-refractivity contribution in [3.63, 3.8) is 0 Å². The second-order valence-electron chi connectivity index (χ2n) is 7.74. The SMILES string of the molecule is O=C(c1ccc(S(=O)(=O)Nc2ccc(Cl)cc2)cc1)N1CCN(C(=O)c2ccccc2O)CC1. The van der Waals surface area contributed by atoms with Gasteiger partial charge < -0.3 is 14.9 Å². The Hall–Kier alpha value is -3.56. The number of amides is 2. The van der Waals surface area contributed by atoms with Gasteiger partial charge in [0, 0.05) is 42.5 Å². The van der Waals surface area contributed by atoms with Crippen LogP contribution in [0.25, 0.3) is 0 Å². The Morgan fingerprint density at radius 3 is 1.94 bits per heavy atom. The molecular weight excluding hydrogens is 478 g/mol. The molecular formula is C24H22ClN3O5S. The van der Waals surface area contributed by atoms with Crippen LogP contribution >= 0.6 is 11.6 Å². The van der Waals surface area contributed by atoms with Crippen molar-refractivity contribution in [3.05, 3.63) is 88.9 Å². The number of carbonyl (C=O) groups excluding carboxylic acids is 2. The normalized spacial score (nSPS) is 14.0. The molecule has 0 radical (unpaired) electrons. The molecule has 176 valence electrons. The number of benzene rings is 3. The first kappa shape index (κ1) is 23.6. The van der Waals surface area contributed by atoms with Crippen molar-refractivity contribution in [2.24, 2.45) is 0 Å². The highest BCUT2D eigenvalue weighted by Gasteiger charge is 2.27. The Labute approximate surface area is 202 Å². The molecule has 2 amide bonds. The summed E-state index contributed by atoms with van der Waals surface area (Å²) in [5.41, 5.74) is 0.956. The van der Waals surface area contributed by atoms with Gasteiger partial charge in [0.15, 0.2) is 0 Å². The molecule has 0 aromatic heterocycles. The van der Waals surface area contributed by atoms with Crippen LogP contribution in [0.2, 0.25) is 5.02 Å². The van der Waals surface area contributed by atoms with Crippen LogP contribution < -0.4 is 4.72 Å². The third-order valence-corrected chi connectivity index (χ3v) is 7.15. The maximum atomic E-state index is 12.9. The van der Waals surface area contributed by atoms with Crippen LogP contribution in [0.3, 0.4) is 0 Å². The zero-order valence-corrected chi connectivity index (χ0v) is 19.6. The number of nitrogens with zero attached hydrogens (tertiary/aromatic N) is 2. The van der Waals surface area contributed by atoms with E-state index >= 15 is 0 Å². The van der Waals surface area contributed by atoms with Crippen LogP contribution in [0, 0.1) is 0 Å². The van der Waals surface area contributed by atoms with E-state index in [1.54, 1.807) is 52.3 Å². The van der Waals surface area contributed by atoms with Crippen LogP contribution in [0.1, 0.15) is 20.7 Å². The third kappa shape index (κ3) is 5.16. The van der Waals surface area contributed by atoms with E-state index in [9.17, 15) is 23.1 Å². The van der Waals surface area contributed by atoms with E-state index in [0.29, 0.717) is 42.5 Å². The average Bonchev–Trinajstić information content (AvgIpc) is 2.85. The number of hydrogen-bond acceptors (Lipinski definition) is 5. The summed E-state index contributed by atoms with van der Waals surface area (Å²) in [7, 11) is -3.82. The lowest BCUT2D eigenvalue weighted by Gasteiger charge is -2.35. The molecule has 1 aliphatic rings. The lowest BCUT2D eigenvalue weighted by atomic mass is 10.1. The Morgan fingerprint density at radius 2 is 1.35 bits per heavy atom. The van der Waals surface area contributed by atoms with Crippen LogP contribution in [0.5, 0.6) is 5.75 Å². The summed E-state index contributed by atoms with van der Waals surface area (Å²) < 4.78 is 27.7. The van der Waals surface area contributed by atoms with Crippen molar-refractivity contribution < 1.29 is 23.1 Å². The fraction of sp³-hybridized carbons (Fsp3) is 0.167. The zero-order valence-electron chi connectivity index (χ0n) is 18.0. The fourth-order valence-electron chi connectivity index (χ4n) is 3.63. The molecule has 0 bridgehead atoms. The summed E-state index contributed by atoms with van der Waals surface area (Å²) in [5.74, 6) is -0.608. The number of para-hydroxylation sites is 1. The fourth-order valence-corrected chi connectivity index (χ4v) is 4.81. The molecule has 1 aliphatic heterocycles. The van der Waals surface area contributed by atoms with Crippen molar-refractivity contribution in [2.45, 2.75) is 4.90 Å². The third-order valence-electron chi connectivity index (χ3n) is 5.50. The van der Waals surface area contributed by atoms with Gasteiger partial charge in [-0.15, -0.1) is 0 Å². The number of hydrogen-bond donors (Lipinski definition) is 2. The van der Waals surface area contributed by atoms with Crippen LogP contribution in [0.15, 0.2) is 77.7 Å². The number of halogens is 1. The summed E-state index contributed by atoms with van der Waals surface area (Å²) in [5, 5.41) is 10.4. The minimum atomic E-state index is -3.82. The van der Waals surface area contributed by atoms with E-state index in [-0.39, 0.29) is 28.0 Å². The number of piperazine rings is 1. The lowest BCUT2D eigenvalue weighted by Crippen LogP contribution is -2.50. The molecule has 3 aromatic carbocycles. The summed E-state index contributed by atoms with van der Waals surface area (Å²) in [6.45, 7) is 1.32. The van der Waals surface area contributed by atoms with Gasteiger partial charge in [-0.05, 0) is 60.7 Å². The van der Waals surface area contributed by atoms with Gasteiger partial charge in [-0.3, -0.25) is 14.3 Å². The number of phenols is 1. The molecule has 8 nitrogen and oxygen atoms in total. The molecule has 4 rings (SSSR count). The highest BCUT2D eigenvalue weighted by Crippen LogP contribution is 2.21. The second kappa shape index (κ2) is 9.74. The minimum absolute atomic E-state index is 0.0251. The van der Waals surface area contributed by atoms with E-state index in [2.05, 4.69) is 4.72 Å². The van der Waals surface area contributed by atoms with Crippen LogP contribution in [-0.2, 0) is 10.0 Å². The average molecular weight is 500 g/mol. The van der Waals surface area contributed by atoms with Gasteiger partial charge in [0.2, 0.25) is 0 Å². The van der Waals surface area contributed by atoms with Gasteiger partial charge in [0.25, 0.3) is 21.8 Å². The summed E-state index contributed by atoms with van der Waals surface area (Å²) in [6, 6.07) is 18.3. The highest BCUT2D eigenvalue weighted by molar-refractivity contribution is 7.92. The molecule has 0 atom stereocenters. The number of carbonyl (C=O) groups is 2. The Morgan fingerprint density at radius 1 is 0.794 bits per heavy atom. The number of anilines is 1. The quantitative estimate of drug-likeness (QED) is 0.559. The number of aromatic hydroxyl groups is 1. The van der Waals surface area contributed by atoms with Crippen molar-refractivity contribution in [1.29, 1.82) is 0 Å². The smallest absolute Gasteiger partial charge is 0.261 e. The van der Waals surface area contributed by atoms with E-state index in [1.165, 1.54) is 30.3 Å². The number of nitrogens with one attached hydrogen (secondary N) is 1. The molecule has 0 unspecified atom stereocenters. The molecule has 10 heteroatoms. The molecule has 2 N–H and O–H groups in total. The number of phenolic OH excluding ortho intramolecular Hbond substituents is 1. The van der Waals surface area contributed by atoms with Gasteiger partial charge in [-0.2, -0.15) is 0 Å². The Balaban J connectivity index is 1.38. The zero-order chi connectivity index (χ0) is 24.3. The first-order valence-corrected chi connectivity index (χ1v) is 12.4. The Bertz CT molecular complexity index is 1300. The Kier molecular flexibility index (Phi) is 6.76. The standard InChI is InChI=1S/C24H22ClN3O5S/c25-18-7-9-19(10-8-18)26-34(32,33)20-11-5-17(6-12-20)23(30)27-13-15-28(16-14-27)24(31)21-3-1-2-4-22(21)29/h1-12,26,29H,13-16H2. The lowest BCUT2D eigenvalue weighted by molar-refractivity contribution is 0.0533. The largest absolute Gasteiger partial charge is 0.507 e. The van der Waals surface area contributed by atoms with Gasteiger partial charge in [-0.1, -0.05) is 23.7 Å². The first-order chi connectivity index (χ1) is 16.2. The van der Waals surface area contributed by atoms with E-state index in [1.807, 2.05) is 0 Å². The van der Waals surface area contributed by atoms with Crippen LogP contribution in [0.4, 0.5) is 5.69 Å². The molecule has 1 fully saturated rings. The minimum Gasteiger partial charge on any atom is -0.507 e. The summed E-state index contributed by atoms with van der Waals surface area (Å²) >= 11 is 5.83. The van der Waals surface area contributed by atoms with E-state index < -0.39 is 10.0 Å². The van der Waals surface area contributed by atoms with Crippen molar-refractivity contribution >= 4 is 39.1 Å². The van der Waals surface area contributed by atoms with Gasteiger partial charge in [-0.25, -0.2) is 8.42 Å². The molecule has 1 saturated heterocycles. The maximum absolute atomic E-state index is 12.9. The van der Waals surface area contributed by atoms with E-state index in [4.69, 9.17) is 11.6 Å². The monoisotopic (exact) mass is 499 g/mol. The predicted octanol–water partition coefficient (Wildman–Crippen LogP) is 3.44. The van der Waals surface area contributed by atoms with Crippen molar-refractivity contribution in [2.75, 3.05) is 30.9 Å². The number of sulfonamides is 1. The van der Waals surface area contributed by atoms with Crippen molar-refractivity contribution in [3.8, 4) is 5.75 Å². The summed E-state index contributed by atoms with van der Waals surface area (Å²) in [4.78, 5) is 28.8. The second-order valence-corrected chi connectivity index (χ2v) is 9.86. The predicted molar refractivity (Wildman–Crippen MR) is 129 cm³/mol. The highest BCUT2D eigenvalue weighted by atomic mass is 35.5. The molecule has 0 saturated carbocycles. The maximum Gasteiger partial charge on any atom is 0.261 e. The van der Waals surface area contributed by atoms with Crippen LogP contribution in [-0.4, -0.2) is 61.3 Å². The van der Waals surface area contributed by atoms with Crippen molar-refractivity contribution in [1.82, 2.24) is 9.80 Å². The topological polar surface area (TPSA) is 107 Å².